The van der Waals surface area contributed by atoms with Crippen molar-refractivity contribution in [3.63, 3.8) is 0 Å². The first-order valence-electron chi connectivity index (χ1n) is 10.7. The standard InChI is InChI=1S/C25H32N2O3/c1-19(2)26-24(29)25(14-9-15-27(18-25)23(28)17-30-3)16-21-12-7-8-13-22(21)20-10-5-4-6-11-20/h4-8,10-13,19H,9,14-18H2,1-3H3,(H,26,29)/t25-/m1/s1. The van der Waals surface area contributed by atoms with Gasteiger partial charge in [0.05, 0.1) is 5.41 Å². The average Bonchev–Trinajstić information content (AvgIpc) is 2.74. The Morgan fingerprint density at radius 3 is 2.50 bits per heavy atom. The summed E-state index contributed by atoms with van der Waals surface area (Å²) in [6.45, 7) is 5.07. The third-order valence-electron chi connectivity index (χ3n) is 5.73. The summed E-state index contributed by atoms with van der Waals surface area (Å²) in [7, 11) is 1.52. The van der Waals surface area contributed by atoms with Gasteiger partial charge in [-0.05, 0) is 49.8 Å². The van der Waals surface area contributed by atoms with Crippen molar-refractivity contribution in [1.82, 2.24) is 10.2 Å². The second-order valence-corrected chi connectivity index (χ2v) is 8.46. The van der Waals surface area contributed by atoms with Crippen LogP contribution in [0.15, 0.2) is 54.6 Å². The maximum absolute atomic E-state index is 13.4. The van der Waals surface area contributed by atoms with Gasteiger partial charge in [-0.25, -0.2) is 0 Å². The number of methoxy groups -OCH3 is 1. The van der Waals surface area contributed by atoms with Crippen LogP contribution in [0.1, 0.15) is 32.3 Å². The molecule has 0 bridgehead atoms. The lowest BCUT2D eigenvalue weighted by atomic mass is 9.73. The van der Waals surface area contributed by atoms with Crippen molar-refractivity contribution in [2.75, 3.05) is 26.8 Å². The van der Waals surface area contributed by atoms with Gasteiger partial charge in [0.15, 0.2) is 0 Å². The smallest absolute Gasteiger partial charge is 0.248 e. The molecule has 1 atom stereocenters. The van der Waals surface area contributed by atoms with Gasteiger partial charge in [0.25, 0.3) is 0 Å². The topological polar surface area (TPSA) is 58.6 Å². The molecule has 2 amide bonds. The molecule has 0 unspecified atom stereocenters. The van der Waals surface area contributed by atoms with Gasteiger partial charge < -0.3 is 15.0 Å². The van der Waals surface area contributed by atoms with Gasteiger partial charge in [0.1, 0.15) is 6.61 Å². The molecule has 0 spiro atoms. The van der Waals surface area contributed by atoms with Crippen LogP contribution >= 0.6 is 0 Å². The highest BCUT2D eigenvalue weighted by Crippen LogP contribution is 2.37. The van der Waals surface area contributed by atoms with Crippen molar-refractivity contribution in [2.45, 2.75) is 39.2 Å². The summed E-state index contributed by atoms with van der Waals surface area (Å²) in [5.41, 5.74) is 2.74. The Labute approximate surface area is 179 Å². The second kappa shape index (κ2) is 9.90. The van der Waals surface area contributed by atoms with Crippen molar-refractivity contribution in [1.29, 1.82) is 0 Å². The largest absolute Gasteiger partial charge is 0.375 e. The molecule has 0 aromatic heterocycles. The third kappa shape index (κ3) is 5.08. The molecular formula is C25H32N2O3. The Morgan fingerprint density at radius 1 is 1.10 bits per heavy atom. The summed E-state index contributed by atoms with van der Waals surface area (Å²) < 4.78 is 5.05. The quantitative estimate of drug-likeness (QED) is 0.760. The normalized spacial score (nSPS) is 19.0. The van der Waals surface area contributed by atoms with E-state index < -0.39 is 5.41 Å². The molecule has 1 aliphatic rings. The summed E-state index contributed by atoms with van der Waals surface area (Å²) in [5.74, 6) is -0.0365. The summed E-state index contributed by atoms with van der Waals surface area (Å²) in [6, 6.07) is 18.5. The van der Waals surface area contributed by atoms with E-state index in [-0.39, 0.29) is 24.5 Å². The van der Waals surface area contributed by atoms with Gasteiger partial charge in [0, 0.05) is 26.2 Å². The maximum Gasteiger partial charge on any atom is 0.248 e. The predicted molar refractivity (Wildman–Crippen MR) is 119 cm³/mol. The summed E-state index contributed by atoms with van der Waals surface area (Å²) in [4.78, 5) is 27.8. The van der Waals surface area contributed by atoms with Crippen molar-refractivity contribution >= 4 is 11.8 Å². The second-order valence-electron chi connectivity index (χ2n) is 8.46. The van der Waals surface area contributed by atoms with E-state index in [0.717, 1.165) is 29.5 Å². The Bertz CT molecular complexity index is 866. The van der Waals surface area contributed by atoms with E-state index >= 15 is 0 Å². The van der Waals surface area contributed by atoms with Crippen LogP contribution in [0.3, 0.4) is 0 Å². The van der Waals surface area contributed by atoms with Gasteiger partial charge in [-0.2, -0.15) is 0 Å². The van der Waals surface area contributed by atoms with E-state index in [0.29, 0.717) is 19.5 Å². The fraction of sp³-hybridized carbons (Fsp3) is 0.440. The fourth-order valence-electron chi connectivity index (χ4n) is 4.32. The highest BCUT2D eigenvalue weighted by molar-refractivity contribution is 5.86. The van der Waals surface area contributed by atoms with Crippen LogP contribution < -0.4 is 5.32 Å². The van der Waals surface area contributed by atoms with E-state index in [1.165, 1.54) is 7.11 Å². The van der Waals surface area contributed by atoms with Crippen LogP contribution in [0.5, 0.6) is 0 Å². The molecule has 0 radical (unpaired) electrons. The van der Waals surface area contributed by atoms with Gasteiger partial charge in [-0.15, -0.1) is 0 Å². The summed E-state index contributed by atoms with van der Waals surface area (Å²) >= 11 is 0. The Morgan fingerprint density at radius 2 is 1.80 bits per heavy atom. The average molecular weight is 409 g/mol. The number of likely N-dealkylation sites (tertiary alicyclic amines) is 1. The lowest BCUT2D eigenvalue weighted by Crippen LogP contribution is -2.56. The molecule has 160 valence electrons. The maximum atomic E-state index is 13.4. The number of nitrogens with one attached hydrogen (secondary N) is 1. The first kappa shape index (κ1) is 22.0. The zero-order valence-electron chi connectivity index (χ0n) is 18.2. The zero-order valence-corrected chi connectivity index (χ0v) is 18.2. The van der Waals surface area contributed by atoms with Crippen LogP contribution in [-0.2, 0) is 20.7 Å². The van der Waals surface area contributed by atoms with E-state index in [2.05, 4.69) is 29.6 Å². The Hall–Kier alpha value is -2.66. The minimum Gasteiger partial charge on any atom is -0.375 e. The third-order valence-corrected chi connectivity index (χ3v) is 5.73. The van der Waals surface area contributed by atoms with Crippen LogP contribution in [0, 0.1) is 5.41 Å². The molecule has 0 saturated carbocycles. The SMILES string of the molecule is COCC(=O)N1CCC[C@](Cc2ccccc2-c2ccccc2)(C(=O)NC(C)C)C1. The molecular weight excluding hydrogens is 376 g/mol. The molecule has 1 N–H and O–H groups in total. The molecule has 1 aliphatic heterocycles. The van der Waals surface area contributed by atoms with E-state index in [1.807, 2.05) is 44.2 Å². The minimum atomic E-state index is -0.656. The molecule has 2 aromatic rings. The predicted octanol–water partition coefficient (Wildman–Crippen LogP) is 3.68. The lowest BCUT2D eigenvalue weighted by molar-refractivity contribution is -0.144. The molecule has 1 fully saturated rings. The van der Waals surface area contributed by atoms with Crippen LogP contribution in [0.2, 0.25) is 0 Å². The Kier molecular flexibility index (Phi) is 7.27. The molecule has 5 heteroatoms. The zero-order chi connectivity index (χ0) is 21.6. The molecule has 1 heterocycles. The highest BCUT2D eigenvalue weighted by atomic mass is 16.5. The number of nitrogens with zero attached hydrogens (tertiary/aromatic N) is 1. The highest BCUT2D eigenvalue weighted by Gasteiger charge is 2.44. The van der Waals surface area contributed by atoms with E-state index in [9.17, 15) is 9.59 Å². The molecule has 3 rings (SSSR count). The van der Waals surface area contributed by atoms with Crippen LogP contribution in [0.25, 0.3) is 11.1 Å². The number of piperidine rings is 1. The summed E-state index contributed by atoms with van der Waals surface area (Å²) in [6.07, 6.45) is 2.15. The van der Waals surface area contributed by atoms with E-state index in [4.69, 9.17) is 4.74 Å². The van der Waals surface area contributed by atoms with Crippen molar-refractivity contribution in [3.8, 4) is 11.1 Å². The summed E-state index contributed by atoms with van der Waals surface area (Å²) in [5, 5.41) is 3.12. The number of benzene rings is 2. The molecule has 30 heavy (non-hydrogen) atoms. The fourth-order valence-corrected chi connectivity index (χ4v) is 4.32. The number of carbonyl (C=O) groups excluding carboxylic acids is 2. The molecule has 0 aliphatic carbocycles. The van der Waals surface area contributed by atoms with Gasteiger partial charge in [0.2, 0.25) is 11.8 Å². The van der Waals surface area contributed by atoms with Crippen LogP contribution in [0.4, 0.5) is 0 Å². The monoisotopic (exact) mass is 408 g/mol. The van der Waals surface area contributed by atoms with Crippen molar-refractivity contribution in [3.05, 3.63) is 60.2 Å². The lowest BCUT2D eigenvalue weighted by Gasteiger charge is -2.42. The Balaban J connectivity index is 1.97. The number of rotatable bonds is 7. The van der Waals surface area contributed by atoms with Gasteiger partial charge in [-0.3, -0.25) is 9.59 Å². The first-order valence-corrected chi connectivity index (χ1v) is 10.7. The molecule has 1 saturated heterocycles. The molecule has 2 aromatic carbocycles. The first-order chi connectivity index (χ1) is 14.4. The van der Waals surface area contributed by atoms with Crippen molar-refractivity contribution < 1.29 is 14.3 Å². The number of ether oxygens (including phenoxy) is 1. The minimum absolute atomic E-state index is 0.0234. The van der Waals surface area contributed by atoms with Crippen molar-refractivity contribution in [2.24, 2.45) is 5.41 Å². The number of amides is 2. The van der Waals surface area contributed by atoms with Gasteiger partial charge >= 0.3 is 0 Å². The van der Waals surface area contributed by atoms with Gasteiger partial charge in [-0.1, -0.05) is 54.6 Å². The van der Waals surface area contributed by atoms with Crippen LogP contribution in [-0.4, -0.2) is 49.6 Å². The molecule has 5 nitrogen and oxygen atoms in total. The number of carbonyl (C=O) groups is 2. The number of hydrogen-bond donors (Lipinski definition) is 1. The number of hydrogen-bond acceptors (Lipinski definition) is 3. The van der Waals surface area contributed by atoms with E-state index in [1.54, 1.807) is 4.90 Å².